The molecule has 0 saturated heterocycles. The average molecular weight is 487 g/mol. The molecular formula is C30H59ClO2. The molecule has 0 aromatic rings. The van der Waals surface area contributed by atoms with Crippen molar-refractivity contribution < 1.29 is 9.53 Å². The lowest BCUT2D eigenvalue weighted by atomic mass is 10.0. The maximum atomic E-state index is 10.9. The summed E-state index contributed by atoms with van der Waals surface area (Å²) in [6.07, 6.45) is 36.5. The topological polar surface area (TPSA) is 26.3 Å². The van der Waals surface area contributed by atoms with Gasteiger partial charge in [0.25, 0.3) is 0 Å². The molecule has 0 amide bonds. The quantitative estimate of drug-likeness (QED) is 0.0623. The standard InChI is InChI=1S/C30H59ClO2/c1-2-3-4-5-6-7-8-9-10-11-12-13-14-15-16-17-18-19-20-21-22-23-24-25-26-27-28-33-30(32)29-31/h2-29H2,1H3. The fraction of sp³-hybridized carbons (Fsp3) is 0.967. The molecule has 0 aliphatic rings. The Kier molecular flexibility index (Phi) is 29.6. The highest BCUT2D eigenvalue weighted by Gasteiger charge is 1.99. The third-order valence-electron chi connectivity index (χ3n) is 6.87. The Labute approximate surface area is 213 Å². The number of hydrogen-bond acceptors (Lipinski definition) is 2. The Hall–Kier alpha value is -0.240. The van der Waals surface area contributed by atoms with Crippen molar-refractivity contribution in [3.8, 4) is 0 Å². The summed E-state index contributed by atoms with van der Waals surface area (Å²) in [6, 6.07) is 0. The molecule has 0 N–H and O–H groups in total. The van der Waals surface area contributed by atoms with E-state index in [0.29, 0.717) is 6.61 Å². The van der Waals surface area contributed by atoms with Crippen molar-refractivity contribution >= 4 is 17.6 Å². The molecule has 0 aliphatic carbocycles. The van der Waals surface area contributed by atoms with Crippen LogP contribution in [0.4, 0.5) is 0 Å². The van der Waals surface area contributed by atoms with E-state index in [2.05, 4.69) is 6.92 Å². The highest BCUT2D eigenvalue weighted by molar-refractivity contribution is 6.26. The van der Waals surface area contributed by atoms with E-state index in [1.54, 1.807) is 0 Å². The van der Waals surface area contributed by atoms with E-state index in [1.165, 1.54) is 154 Å². The normalized spacial score (nSPS) is 11.2. The van der Waals surface area contributed by atoms with Gasteiger partial charge in [0.15, 0.2) is 0 Å². The Morgan fingerprint density at radius 2 is 0.697 bits per heavy atom. The lowest BCUT2D eigenvalue weighted by molar-refractivity contribution is -0.140. The monoisotopic (exact) mass is 486 g/mol. The van der Waals surface area contributed by atoms with Gasteiger partial charge in [0.1, 0.15) is 5.88 Å². The van der Waals surface area contributed by atoms with Gasteiger partial charge in [-0.1, -0.05) is 167 Å². The first-order chi connectivity index (χ1) is 16.3. The number of alkyl halides is 1. The number of rotatable bonds is 28. The second kappa shape index (κ2) is 29.8. The van der Waals surface area contributed by atoms with E-state index >= 15 is 0 Å². The van der Waals surface area contributed by atoms with Crippen molar-refractivity contribution in [3.05, 3.63) is 0 Å². The molecule has 0 heterocycles. The molecular weight excluding hydrogens is 428 g/mol. The fourth-order valence-corrected chi connectivity index (χ4v) is 4.72. The summed E-state index contributed by atoms with van der Waals surface area (Å²) in [4.78, 5) is 10.9. The molecule has 0 bridgehead atoms. The van der Waals surface area contributed by atoms with Gasteiger partial charge in [0, 0.05) is 0 Å². The molecule has 0 fully saturated rings. The first-order valence-electron chi connectivity index (χ1n) is 15.0. The van der Waals surface area contributed by atoms with Crippen LogP contribution >= 0.6 is 11.6 Å². The number of carbonyl (C=O) groups excluding carboxylic acids is 1. The second-order valence-electron chi connectivity index (χ2n) is 10.2. The van der Waals surface area contributed by atoms with E-state index in [1.807, 2.05) is 0 Å². The van der Waals surface area contributed by atoms with Crippen LogP contribution in [0.3, 0.4) is 0 Å². The molecule has 0 saturated carbocycles. The van der Waals surface area contributed by atoms with Crippen molar-refractivity contribution in [2.24, 2.45) is 0 Å². The summed E-state index contributed by atoms with van der Waals surface area (Å²) in [7, 11) is 0. The lowest BCUT2D eigenvalue weighted by Crippen LogP contribution is -2.06. The molecule has 33 heavy (non-hydrogen) atoms. The fourth-order valence-electron chi connectivity index (χ4n) is 4.64. The highest BCUT2D eigenvalue weighted by Crippen LogP contribution is 2.16. The van der Waals surface area contributed by atoms with Crippen LogP contribution in [0.1, 0.15) is 174 Å². The second-order valence-corrected chi connectivity index (χ2v) is 10.5. The highest BCUT2D eigenvalue weighted by atomic mass is 35.5. The molecule has 2 nitrogen and oxygen atoms in total. The molecule has 0 aromatic carbocycles. The Balaban J connectivity index is 3.02. The largest absolute Gasteiger partial charge is 0.465 e. The number of unbranched alkanes of at least 4 members (excludes halogenated alkanes) is 25. The molecule has 0 aromatic heterocycles. The predicted molar refractivity (Wildman–Crippen MR) is 147 cm³/mol. The van der Waals surface area contributed by atoms with Gasteiger partial charge in [-0.05, 0) is 6.42 Å². The van der Waals surface area contributed by atoms with Gasteiger partial charge < -0.3 is 4.74 Å². The van der Waals surface area contributed by atoms with Crippen LogP contribution in [-0.4, -0.2) is 18.5 Å². The molecule has 0 aliphatic heterocycles. The third kappa shape index (κ3) is 29.7. The van der Waals surface area contributed by atoms with Gasteiger partial charge in [0.2, 0.25) is 0 Å². The zero-order valence-electron chi connectivity index (χ0n) is 22.5. The van der Waals surface area contributed by atoms with Crippen LogP contribution < -0.4 is 0 Å². The molecule has 0 spiro atoms. The first-order valence-corrected chi connectivity index (χ1v) is 15.6. The van der Waals surface area contributed by atoms with E-state index in [0.717, 1.165) is 12.8 Å². The third-order valence-corrected chi connectivity index (χ3v) is 7.09. The molecule has 0 rings (SSSR count). The summed E-state index contributed by atoms with van der Waals surface area (Å²) in [6.45, 7) is 2.83. The number of ether oxygens (including phenoxy) is 1. The van der Waals surface area contributed by atoms with Crippen LogP contribution in [0.15, 0.2) is 0 Å². The van der Waals surface area contributed by atoms with Crippen molar-refractivity contribution in [3.63, 3.8) is 0 Å². The summed E-state index contributed by atoms with van der Waals surface area (Å²) in [5, 5.41) is 0. The Bertz CT molecular complexity index is 372. The van der Waals surface area contributed by atoms with Crippen LogP contribution in [-0.2, 0) is 9.53 Å². The Morgan fingerprint density at radius 3 is 0.939 bits per heavy atom. The van der Waals surface area contributed by atoms with Crippen LogP contribution in [0.5, 0.6) is 0 Å². The minimum Gasteiger partial charge on any atom is -0.465 e. The molecule has 198 valence electrons. The van der Waals surface area contributed by atoms with E-state index in [-0.39, 0.29) is 11.8 Å². The SMILES string of the molecule is CCCCCCCCCCCCCCCCCCCCCCCCCCCCOC(=O)CCl. The maximum Gasteiger partial charge on any atom is 0.320 e. The summed E-state index contributed by atoms with van der Waals surface area (Å²) in [5.41, 5.74) is 0. The summed E-state index contributed by atoms with van der Waals surface area (Å²) >= 11 is 5.39. The zero-order valence-corrected chi connectivity index (χ0v) is 23.2. The number of halogens is 1. The van der Waals surface area contributed by atoms with Crippen molar-refractivity contribution in [1.82, 2.24) is 0 Å². The zero-order chi connectivity index (χ0) is 24.1. The molecule has 0 atom stereocenters. The first kappa shape index (κ1) is 32.8. The van der Waals surface area contributed by atoms with Crippen molar-refractivity contribution in [1.29, 1.82) is 0 Å². The van der Waals surface area contributed by atoms with Gasteiger partial charge in [0.05, 0.1) is 6.61 Å². The minimum atomic E-state index is -0.295. The molecule has 0 unspecified atom stereocenters. The van der Waals surface area contributed by atoms with Gasteiger partial charge in [-0.2, -0.15) is 0 Å². The number of carbonyl (C=O) groups is 1. The van der Waals surface area contributed by atoms with E-state index < -0.39 is 0 Å². The van der Waals surface area contributed by atoms with Gasteiger partial charge >= 0.3 is 5.97 Å². The van der Waals surface area contributed by atoms with Gasteiger partial charge in [-0.25, -0.2) is 0 Å². The van der Waals surface area contributed by atoms with Gasteiger partial charge in [-0.15, -0.1) is 11.6 Å². The molecule has 0 radical (unpaired) electrons. The van der Waals surface area contributed by atoms with Crippen LogP contribution in [0.25, 0.3) is 0 Å². The summed E-state index contributed by atoms with van der Waals surface area (Å²) in [5.74, 6) is -0.323. The predicted octanol–water partition coefficient (Wildman–Crippen LogP) is 10.9. The van der Waals surface area contributed by atoms with E-state index in [9.17, 15) is 4.79 Å². The van der Waals surface area contributed by atoms with E-state index in [4.69, 9.17) is 16.3 Å². The minimum absolute atomic E-state index is 0.0283. The number of hydrogen-bond donors (Lipinski definition) is 0. The average Bonchev–Trinajstić information content (AvgIpc) is 2.83. The summed E-state index contributed by atoms with van der Waals surface area (Å²) < 4.78 is 4.97. The Morgan fingerprint density at radius 1 is 0.455 bits per heavy atom. The number of esters is 1. The maximum absolute atomic E-state index is 10.9. The smallest absolute Gasteiger partial charge is 0.320 e. The van der Waals surface area contributed by atoms with Crippen LogP contribution in [0.2, 0.25) is 0 Å². The van der Waals surface area contributed by atoms with Gasteiger partial charge in [-0.3, -0.25) is 4.79 Å². The van der Waals surface area contributed by atoms with Crippen LogP contribution in [0, 0.1) is 0 Å². The van der Waals surface area contributed by atoms with Crippen molar-refractivity contribution in [2.75, 3.05) is 12.5 Å². The molecule has 3 heteroatoms. The van der Waals surface area contributed by atoms with Crippen molar-refractivity contribution in [2.45, 2.75) is 174 Å². The lowest BCUT2D eigenvalue weighted by Gasteiger charge is -2.05.